The number of aliphatic imine (C=N–C) groups is 1. The Morgan fingerprint density at radius 1 is 1.44 bits per heavy atom. The molecule has 2 rings (SSSR count). The molecule has 4 nitrogen and oxygen atoms in total. The minimum atomic E-state index is -1.09. The van der Waals surface area contributed by atoms with Gasteiger partial charge in [-0.15, -0.1) is 0 Å². The first-order valence-corrected chi connectivity index (χ1v) is 5.86. The number of rotatable bonds is 3. The zero-order chi connectivity index (χ0) is 11.4. The van der Waals surface area contributed by atoms with Crippen LogP contribution in [-0.2, 0) is 4.79 Å². The average Bonchev–Trinajstić information content (AvgIpc) is 2.79. The van der Waals surface area contributed by atoms with Gasteiger partial charge in [-0.3, -0.25) is 4.99 Å². The fourth-order valence-corrected chi connectivity index (χ4v) is 2.41. The van der Waals surface area contributed by atoms with Gasteiger partial charge >= 0.3 is 0 Å². The summed E-state index contributed by atoms with van der Waals surface area (Å²) in [5, 5.41) is 14.1. The quantitative estimate of drug-likeness (QED) is 0.811. The maximum atomic E-state index is 11.1. The summed E-state index contributed by atoms with van der Waals surface area (Å²) < 4.78 is 0. The Kier molecular flexibility index (Phi) is 3.46. The number of carbonyl (C=O) groups excluding carboxylic acids is 1. The molecule has 0 saturated heterocycles. The van der Waals surface area contributed by atoms with Crippen LogP contribution in [0.3, 0.4) is 0 Å². The van der Waals surface area contributed by atoms with Crippen molar-refractivity contribution in [2.24, 2.45) is 4.99 Å². The molecule has 0 aromatic heterocycles. The molecule has 84 valence electrons. The van der Waals surface area contributed by atoms with Gasteiger partial charge in [0.25, 0.3) is 0 Å². The fourth-order valence-electron chi connectivity index (χ4n) is 1.45. The Hall–Kier alpha value is -1.49. The zero-order valence-electron chi connectivity index (χ0n) is 8.55. The van der Waals surface area contributed by atoms with Gasteiger partial charge in [0.15, 0.2) is 5.17 Å². The van der Waals surface area contributed by atoms with Gasteiger partial charge in [-0.25, -0.2) is 0 Å². The van der Waals surface area contributed by atoms with Crippen molar-refractivity contribution in [1.29, 1.82) is 0 Å². The van der Waals surface area contributed by atoms with Crippen LogP contribution in [0, 0.1) is 0 Å². The summed E-state index contributed by atoms with van der Waals surface area (Å²) in [4.78, 5) is 15.2. The lowest BCUT2D eigenvalue weighted by Crippen LogP contribution is -2.30. The molecule has 0 spiro atoms. The minimum Gasteiger partial charge on any atom is -0.549 e. The van der Waals surface area contributed by atoms with Crippen LogP contribution in [0.25, 0.3) is 0 Å². The first kappa shape index (κ1) is 11.0. The highest BCUT2D eigenvalue weighted by Gasteiger charge is 2.17. The Morgan fingerprint density at radius 2 is 2.19 bits per heavy atom. The molecule has 1 heterocycles. The molecule has 1 aliphatic rings. The topological polar surface area (TPSA) is 64.5 Å². The van der Waals surface area contributed by atoms with Crippen molar-refractivity contribution >= 4 is 22.9 Å². The Bertz CT molecular complexity index is 406. The third-order valence-corrected chi connectivity index (χ3v) is 3.39. The lowest BCUT2D eigenvalue weighted by molar-refractivity contribution is -0.305. The molecule has 0 unspecified atom stereocenters. The highest BCUT2D eigenvalue weighted by atomic mass is 32.2. The van der Waals surface area contributed by atoms with E-state index >= 15 is 0 Å². The number of thioether (sulfide) groups is 1. The minimum absolute atomic E-state index is 0.679. The highest BCUT2D eigenvalue weighted by molar-refractivity contribution is 8.14. The third-order valence-electron chi connectivity index (χ3n) is 2.19. The van der Waals surface area contributed by atoms with Crippen molar-refractivity contribution < 1.29 is 9.90 Å². The van der Waals surface area contributed by atoms with E-state index in [1.165, 1.54) is 11.8 Å². The molecular weight excluding hydrogens is 224 g/mol. The van der Waals surface area contributed by atoms with E-state index in [4.69, 9.17) is 0 Å². The standard InChI is InChI=1S/C11H12N2O2S/c14-10(15)9(8-4-2-1-3-5-8)16-11-12-6-7-13-11/h1-5,9H,6-7H2,(H,12,13)(H,14,15)/p-1/t9-/m0/s1. The summed E-state index contributed by atoms with van der Waals surface area (Å²) in [6.07, 6.45) is 0. The molecule has 0 bridgehead atoms. The predicted molar refractivity (Wildman–Crippen MR) is 62.1 cm³/mol. The largest absolute Gasteiger partial charge is 0.549 e. The van der Waals surface area contributed by atoms with E-state index in [9.17, 15) is 9.90 Å². The third kappa shape index (κ3) is 2.55. The molecule has 1 aromatic carbocycles. The van der Waals surface area contributed by atoms with Crippen LogP contribution in [0.2, 0.25) is 0 Å². The molecule has 0 fully saturated rings. The maximum absolute atomic E-state index is 11.1. The number of carboxylic acid groups (broad SMARTS) is 1. The number of carboxylic acids is 1. The highest BCUT2D eigenvalue weighted by Crippen LogP contribution is 2.29. The second-order valence-electron chi connectivity index (χ2n) is 3.34. The number of carbonyl (C=O) groups is 1. The molecule has 16 heavy (non-hydrogen) atoms. The summed E-state index contributed by atoms with van der Waals surface area (Å²) in [5.41, 5.74) is 0.726. The van der Waals surface area contributed by atoms with Crippen molar-refractivity contribution in [2.75, 3.05) is 13.1 Å². The summed E-state index contributed by atoms with van der Waals surface area (Å²) in [7, 11) is 0. The number of benzene rings is 1. The van der Waals surface area contributed by atoms with Crippen LogP contribution in [0.5, 0.6) is 0 Å². The van der Waals surface area contributed by atoms with Gasteiger partial charge in [0.2, 0.25) is 0 Å². The lowest BCUT2D eigenvalue weighted by Gasteiger charge is -2.17. The summed E-state index contributed by atoms with van der Waals surface area (Å²) in [6, 6.07) is 9.04. The second kappa shape index (κ2) is 5.03. The molecule has 1 atom stereocenters. The molecule has 0 radical (unpaired) electrons. The van der Waals surface area contributed by atoms with Gasteiger partial charge in [-0.05, 0) is 5.56 Å². The Balaban J connectivity index is 2.14. The Morgan fingerprint density at radius 3 is 2.75 bits per heavy atom. The number of aliphatic carboxylic acids is 1. The number of hydrogen-bond donors (Lipinski definition) is 1. The number of nitrogens with zero attached hydrogens (tertiary/aromatic N) is 1. The van der Waals surface area contributed by atoms with Crippen molar-refractivity contribution in [3.05, 3.63) is 35.9 Å². The summed E-state index contributed by atoms with van der Waals surface area (Å²) in [6.45, 7) is 1.48. The Labute approximate surface area is 97.8 Å². The SMILES string of the molecule is O=C([O-])[C@@H](SC1=NCCN1)c1ccccc1. The summed E-state index contributed by atoms with van der Waals surface area (Å²) in [5.74, 6) is -1.09. The molecule has 0 aliphatic carbocycles. The zero-order valence-corrected chi connectivity index (χ0v) is 9.37. The number of nitrogens with one attached hydrogen (secondary N) is 1. The van der Waals surface area contributed by atoms with Crippen LogP contribution >= 0.6 is 11.8 Å². The van der Waals surface area contributed by atoms with Gasteiger partial charge in [0.05, 0.1) is 17.8 Å². The normalized spacial score (nSPS) is 16.4. The molecule has 0 amide bonds. The van der Waals surface area contributed by atoms with Crippen LogP contribution in [0.4, 0.5) is 0 Å². The molecule has 0 saturated carbocycles. The monoisotopic (exact) mass is 235 g/mol. The first-order valence-electron chi connectivity index (χ1n) is 4.98. The van der Waals surface area contributed by atoms with E-state index in [1.54, 1.807) is 12.1 Å². The fraction of sp³-hybridized carbons (Fsp3) is 0.273. The van der Waals surface area contributed by atoms with Gasteiger partial charge in [0, 0.05) is 6.54 Å². The van der Waals surface area contributed by atoms with Crippen molar-refractivity contribution in [2.45, 2.75) is 5.25 Å². The van der Waals surface area contributed by atoms with Gasteiger partial charge < -0.3 is 15.2 Å². The summed E-state index contributed by atoms with van der Waals surface area (Å²) >= 11 is 1.19. The average molecular weight is 235 g/mol. The maximum Gasteiger partial charge on any atom is 0.157 e. The van der Waals surface area contributed by atoms with E-state index in [2.05, 4.69) is 10.3 Å². The van der Waals surface area contributed by atoms with E-state index in [-0.39, 0.29) is 0 Å². The van der Waals surface area contributed by atoms with Crippen LogP contribution < -0.4 is 10.4 Å². The second-order valence-corrected chi connectivity index (χ2v) is 4.44. The van der Waals surface area contributed by atoms with E-state index < -0.39 is 11.2 Å². The van der Waals surface area contributed by atoms with Crippen molar-refractivity contribution in [3.8, 4) is 0 Å². The van der Waals surface area contributed by atoms with Gasteiger partial charge in [0.1, 0.15) is 0 Å². The smallest absolute Gasteiger partial charge is 0.157 e. The van der Waals surface area contributed by atoms with E-state index in [1.807, 2.05) is 18.2 Å². The van der Waals surface area contributed by atoms with Gasteiger partial charge in [-0.1, -0.05) is 42.1 Å². The molecule has 1 N–H and O–H groups in total. The number of hydrogen-bond acceptors (Lipinski definition) is 5. The predicted octanol–water partition coefficient (Wildman–Crippen LogP) is 0.170. The van der Waals surface area contributed by atoms with Crippen LogP contribution in [-0.4, -0.2) is 24.2 Å². The molecule has 1 aromatic rings. The van der Waals surface area contributed by atoms with Crippen molar-refractivity contribution in [3.63, 3.8) is 0 Å². The molecule has 1 aliphatic heterocycles. The molecule has 5 heteroatoms. The molecular formula is C11H11N2O2S-. The van der Waals surface area contributed by atoms with Crippen molar-refractivity contribution in [1.82, 2.24) is 5.32 Å². The van der Waals surface area contributed by atoms with E-state index in [0.717, 1.165) is 12.1 Å². The van der Waals surface area contributed by atoms with Crippen LogP contribution in [0.15, 0.2) is 35.3 Å². The van der Waals surface area contributed by atoms with Crippen LogP contribution in [0.1, 0.15) is 10.8 Å². The number of amidine groups is 1. The first-order chi connectivity index (χ1) is 7.77. The van der Waals surface area contributed by atoms with Gasteiger partial charge in [-0.2, -0.15) is 0 Å². The lowest BCUT2D eigenvalue weighted by atomic mass is 10.1. The van der Waals surface area contributed by atoms with E-state index in [0.29, 0.717) is 11.7 Å².